The van der Waals surface area contributed by atoms with Crippen molar-refractivity contribution in [3.63, 3.8) is 0 Å². The number of carbonyl (C=O) groups excluding carboxylic acids is 1. The van der Waals surface area contributed by atoms with Crippen molar-refractivity contribution in [1.29, 1.82) is 0 Å². The fourth-order valence-electron chi connectivity index (χ4n) is 2.57. The molecule has 1 aliphatic carbocycles. The first-order valence-corrected chi connectivity index (χ1v) is 6.64. The maximum absolute atomic E-state index is 11.8. The summed E-state index contributed by atoms with van der Waals surface area (Å²) in [4.78, 5) is 13.8. The quantitative estimate of drug-likeness (QED) is 0.781. The third-order valence-corrected chi connectivity index (χ3v) is 3.93. The number of carbonyl (C=O) groups is 1. The molecule has 0 aromatic heterocycles. The molecule has 1 amide bonds. The Balaban J connectivity index is 2.32. The van der Waals surface area contributed by atoms with Crippen molar-refractivity contribution >= 4 is 5.91 Å². The van der Waals surface area contributed by atoms with E-state index in [0.717, 1.165) is 12.3 Å². The molecule has 3 nitrogen and oxygen atoms in total. The van der Waals surface area contributed by atoms with Crippen LogP contribution in [0.3, 0.4) is 0 Å². The van der Waals surface area contributed by atoms with Crippen molar-refractivity contribution in [2.75, 3.05) is 13.6 Å². The van der Waals surface area contributed by atoms with Gasteiger partial charge in [0.1, 0.15) is 0 Å². The van der Waals surface area contributed by atoms with Crippen molar-refractivity contribution in [3.05, 3.63) is 0 Å². The minimum Gasteiger partial charge on any atom is -0.343 e. The molecule has 0 aromatic carbocycles. The molecule has 2 N–H and O–H groups in total. The summed E-state index contributed by atoms with van der Waals surface area (Å²) >= 11 is 0. The minimum absolute atomic E-state index is 0.269. The Labute approximate surface area is 99.4 Å². The van der Waals surface area contributed by atoms with Crippen LogP contribution in [0.1, 0.15) is 51.9 Å². The van der Waals surface area contributed by atoms with Crippen LogP contribution in [0.25, 0.3) is 0 Å². The maximum atomic E-state index is 11.8. The van der Waals surface area contributed by atoms with Gasteiger partial charge in [-0.05, 0) is 44.6 Å². The van der Waals surface area contributed by atoms with E-state index in [0.29, 0.717) is 19.0 Å². The predicted octanol–water partition coefficient (Wildman–Crippen LogP) is 2.15. The molecule has 1 fully saturated rings. The normalized spacial score (nSPS) is 25.4. The van der Waals surface area contributed by atoms with Crippen LogP contribution in [0, 0.1) is 5.92 Å². The molecule has 3 heteroatoms. The molecular formula is C13H26N2O. The maximum Gasteiger partial charge on any atom is 0.222 e. The second-order valence-electron chi connectivity index (χ2n) is 4.98. The van der Waals surface area contributed by atoms with Gasteiger partial charge in [-0.15, -0.1) is 0 Å². The SMILES string of the molecule is CCC1CCC(N(C)C(=O)CCCN)CC1. The van der Waals surface area contributed by atoms with Crippen molar-refractivity contribution in [1.82, 2.24) is 4.90 Å². The molecular weight excluding hydrogens is 200 g/mol. The lowest BCUT2D eigenvalue weighted by Gasteiger charge is -2.34. The van der Waals surface area contributed by atoms with Gasteiger partial charge in [-0.2, -0.15) is 0 Å². The highest BCUT2D eigenvalue weighted by Crippen LogP contribution is 2.29. The largest absolute Gasteiger partial charge is 0.343 e. The smallest absolute Gasteiger partial charge is 0.222 e. The van der Waals surface area contributed by atoms with E-state index >= 15 is 0 Å². The Morgan fingerprint density at radius 2 is 1.94 bits per heavy atom. The Hall–Kier alpha value is -0.570. The second kappa shape index (κ2) is 6.89. The van der Waals surface area contributed by atoms with Gasteiger partial charge >= 0.3 is 0 Å². The summed E-state index contributed by atoms with van der Waals surface area (Å²) in [5, 5.41) is 0. The van der Waals surface area contributed by atoms with Crippen LogP contribution in [-0.2, 0) is 4.79 Å². The van der Waals surface area contributed by atoms with E-state index in [1.165, 1.54) is 32.1 Å². The molecule has 1 saturated carbocycles. The highest BCUT2D eigenvalue weighted by Gasteiger charge is 2.25. The summed E-state index contributed by atoms with van der Waals surface area (Å²) in [6.07, 6.45) is 7.66. The van der Waals surface area contributed by atoms with Gasteiger partial charge in [0.2, 0.25) is 5.91 Å². The topological polar surface area (TPSA) is 46.3 Å². The lowest BCUT2D eigenvalue weighted by molar-refractivity contribution is -0.132. The molecule has 94 valence electrons. The van der Waals surface area contributed by atoms with Crippen LogP contribution >= 0.6 is 0 Å². The van der Waals surface area contributed by atoms with Crippen LogP contribution in [0.15, 0.2) is 0 Å². The second-order valence-corrected chi connectivity index (χ2v) is 4.98. The lowest BCUT2D eigenvalue weighted by Crippen LogP contribution is -2.39. The lowest BCUT2D eigenvalue weighted by atomic mass is 9.84. The average molecular weight is 226 g/mol. The van der Waals surface area contributed by atoms with Crippen molar-refractivity contribution < 1.29 is 4.79 Å². The van der Waals surface area contributed by atoms with Crippen molar-refractivity contribution in [2.45, 2.75) is 57.9 Å². The van der Waals surface area contributed by atoms with Crippen LogP contribution in [0.4, 0.5) is 0 Å². The van der Waals surface area contributed by atoms with Crippen molar-refractivity contribution in [2.24, 2.45) is 11.7 Å². The van der Waals surface area contributed by atoms with E-state index in [9.17, 15) is 4.79 Å². The molecule has 0 spiro atoms. The fraction of sp³-hybridized carbons (Fsp3) is 0.923. The van der Waals surface area contributed by atoms with E-state index < -0.39 is 0 Å². The predicted molar refractivity (Wildman–Crippen MR) is 67.1 cm³/mol. The highest BCUT2D eigenvalue weighted by atomic mass is 16.2. The molecule has 0 unspecified atom stereocenters. The zero-order valence-corrected chi connectivity index (χ0v) is 10.7. The first kappa shape index (κ1) is 13.5. The Bertz CT molecular complexity index is 210. The van der Waals surface area contributed by atoms with Gasteiger partial charge in [0.25, 0.3) is 0 Å². The molecule has 0 atom stereocenters. The molecule has 0 heterocycles. The van der Waals surface area contributed by atoms with E-state index in [1.54, 1.807) is 0 Å². The first-order valence-electron chi connectivity index (χ1n) is 6.64. The molecule has 0 bridgehead atoms. The summed E-state index contributed by atoms with van der Waals surface area (Å²) in [6.45, 7) is 2.88. The first-order chi connectivity index (χ1) is 7.69. The molecule has 0 saturated heterocycles. The monoisotopic (exact) mass is 226 g/mol. The highest BCUT2D eigenvalue weighted by molar-refractivity contribution is 5.76. The van der Waals surface area contributed by atoms with Crippen LogP contribution < -0.4 is 5.73 Å². The van der Waals surface area contributed by atoms with Gasteiger partial charge in [-0.25, -0.2) is 0 Å². The van der Waals surface area contributed by atoms with Gasteiger partial charge in [0.15, 0.2) is 0 Å². The number of nitrogens with two attached hydrogens (primary N) is 1. The van der Waals surface area contributed by atoms with Gasteiger partial charge < -0.3 is 10.6 Å². The van der Waals surface area contributed by atoms with Crippen LogP contribution in [0.5, 0.6) is 0 Å². The number of hydrogen-bond acceptors (Lipinski definition) is 2. The Morgan fingerprint density at radius 1 is 1.31 bits per heavy atom. The summed E-state index contributed by atoms with van der Waals surface area (Å²) < 4.78 is 0. The van der Waals surface area contributed by atoms with Crippen LogP contribution in [0.2, 0.25) is 0 Å². The number of rotatable bonds is 5. The Morgan fingerprint density at radius 3 is 2.44 bits per heavy atom. The molecule has 1 aliphatic rings. The van der Waals surface area contributed by atoms with Crippen LogP contribution in [-0.4, -0.2) is 30.4 Å². The number of hydrogen-bond donors (Lipinski definition) is 1. The van der Waals surface area contributed by atoms with E-state index in [4.69, 9.17) is 5.73 Å². The van der Waals surface area contributed by atoms with E-state index in [1.807, 2.05) is 11.9 Å². The van der Waals surface area contributed by atoms with Gasteiger partial charge in [-0.1, -0.05) is 13.3 Å². The van der Waals surface area contributed by atoms with E-state index in [-0.39, 0.29) is 5.91 Å². The molecule has 0 radical (unpaired) electrons. The molecule has 1 rings (SSSR count). The summed E-state index contributed by atoms with van der Waals surface area (Å²) in [5.41, 5.74) is 5.42. The van der Waals surface area contributed by atoms with E-state index in [2.05, 4.69) is 6.92 Å². The molecule has 0 aliphatic heterocycles. The fourth-order valence-corrected chi connectivity index (χ4v) is 2.57. The standard InChI is InChI=1S/C13H26N2O/c1-3-11-6-8-12(9-7-11)15(2)13(16)5-4-10-14/h11-12H,3-10,14H2,1-2H3. The summed E-state index contributed by atoms with van der Waals surface area (Å²) in [5.74, 6) is 1.16. The van der Waals surface area contributed by atoms with Crippen molar-refractivity contribution in [3.8, 4) is 0 Å². The average Bonchev–Trinajstić information content (AvgIpc) is 2.35. The van der Waals surface area contributed by atoms with Gasteiger partial charge in [0, 0.05) is 19.5 Å². The third-order valence-electron chi connectivity index (χ3n) is 3.93. The van der Waals surface area contributed by atoms with Gasteiger partial charge in [0.05, 0.1) is 0 Å². The zero-order chi connectivity index (χ0) is 12.0. The molecule has 16 heavy (non-hydrogen) atoms. The number of amides is 1. The zero-order valence-electron chi connectivity index (χ0n) is 10.7. The van der Waals surface area contributed by atoms with Gasteiger partial charge in [-0.3, -0.25) is 4.79 Å². The minimum atomic E-state index is 0.269. The number of nitrogens with zero attached hydrogens (tertiary/aromatic N) is 1. The summed E-state index contributed by atoms with van der Waals surface area (Å²) in [7, 11) is 1.95. The molecule has 0 aromatic rings. The summed E-state index contributed by atoms with van der Waals surface area (Å²) in [6, 6.07) is 0.480. The third kappa shape index (κ3) is 3.78. The Kier molecular flexibility index (Phi) is 5.81.